The molecule has 11 heteroatoms. The molecule has 0 fully saturated rings. The highest BCUT2D eigenvalue weighted by molar-refractivity contribution is 7.92. The SMILES string of the molecule is O=[N+]([O-])c1cc(S(=O)(=O)Nc2ccc(OC(F)F)cc2)ccc1O. The van der Waals surface area contributed by atoms with E-state index in [2.05, 4.69) is 9.46 Å². The average Bonchev–Trinajstić information content (AvgIpc) is 2.48. The number of nitrogens with zero attached hydrogens (tertiary/aromatic N) is 1. The topological polar surface area (TPSA) is 119 Å². The lowest BCUT2D eigenvalue weighted by atomic mass is 10.3. The van der Waals surface area contributed by atoms with Crippen LogP contribution in [0.3, 0.4) is 0 Å². The Morgan fingerprint density at radius 1 is 1.17 bits per heavy atom. The standard InChI is InChI=1S/C13H10F2N2O6S/c14-13(15)23-9-3-1-8(2-4-9)16-24(21,22)10-5-6-12(18)11(7-10)17(19)20/h1-7,13,16,18H. The number of alkyl halides is 2. The van der Waals surface area contributed by atoms with Crippen molar-refractivity contribution in [2.24, 2.45) is 0 Å². The Kier molecular flexibility index (Phi) is 4.83. The van der Waals surface area contributed by atoms with E-state index in [1.54, 1.807) is 0 Å². The number of sulfonamides is 1. The zero-order valence-corrected chi connectivity index (χ0v) is 12.5. The molecule has 8 nitrogen and oxygen atoms in total. The van der Waals surface area contributed by atoms with E-state index in [0.717, 1.165) is 24.3 Å². The van der Waals surface area contributed by atoms with Gasteiger partial charge in [0.1, 0.15) is 5.75 Å². The van der Waals surface area contributed by atoms with Crippen LogP contribution in [0, 0.1) is 10.1 Å². The summed E-state index contributed by atoms with van der Waals surface area (Å²) in [6.07, 6.45) is 0. The van der Waals surface area contributed by atoms with Crippen molar-refractivity contribution in [3.05, 3.63) is 52.6 Å². The van der Waals surface area contributed by atoms with Gasteiger partial charge in [0, 0.05) is 11.8 Å². The fraction of sp³-hybridized carbons (Fsp3) is 0.0769. The molecule has 128 valence electrons. The van der Waals surface area contributed by atoms with Gasteiger partial charge in [-0.15, -0.1) is 0 Å². The molecule has 0 aliphatic rings. The summed E-state index contributed by atoms with van der Waals surface area (Å²) in [4.78, 5) is 9.37. The monoisotopic (exact) mass is 360 g/mol. The summed E-state index contributed by atoms with van der Waals surface area (Å²) in [6.45, 7) is -3.01. The van der Waals surface area contributed by atoms with Crippen LogP contribution in [0.25, 0.3) is 0 Å². The number of benzene rings is 2. The number of hydrogen-bond donors (Lipinski definition) is 2. The number of nitro groups is 1. The van der Waals surface area contributed by atoms with Gasteiger partial charge >= 0.3 is 12.3 Å². The van der Waals surface area contributed by atoms with Gasteiger partial charge in [-0.3, -0.25) is 14.8 Å². The molecule has 2 aromatic carbocycles. The fourth-order valence-corrected chi connectivity index (χ4v) is 2.81. The summed E-state index contributed by atoms with van der Waals surface area (Å²) in [7, 11) is -4.18. The molecule has 0 aromatic heterocycles. The van der Waals surface area contributed by atoms with Crippen molar-refractivity contribution in [1.82, 2.24) is 0 Å². The van der Waals surface area contributed by atoms with Crippen molar-refractivity contribution >= 4 is 21.4 Å². The van der Waals surface area contributed by atoms with E-state index in [0.29, 0.717) is 6.07 Å². The summed E-state index contributed by atoms with van der Waals surface area (Å²) in [6, 6.07) is 7.19. The minimum atomic E-state index is -4.18. The van der Waals surface area contributed by atoms with Crippen LogP contribution >= 0.6 is 0 Å². The smallest absolute Gasteiger partial charge is 0.387 e. The van der Waals surface area contributed by atoms with E-state index in [4.69, 9.17) is 0 Å². The quantitative estimate of drug-likeness (QED) is 0.604. The van der Waals surface area contributed by atoms with E-state index in [1.807, 2.05) is 0 Å². The Labute approximate surface area is 134 Å². The average molecular weight is 360 g/mol. The normalized spacial score (nSPS) is 11.3. The highest BCUT2D eigenvalue weighted by Gasteiger charge is 2.21. The Morgan fingerprint density at radius 2 is 1.79 bits per heavy atom. The molecule has 0 aliphatic carbocycles. The third-order valence-electron chi connectivity index (χ3n) is 2.79. The third-order valence-corrected chi connectivity index (χ3v) is 4.16. The van der Waals surface area contributed by atoms with Gasteiger partial charge in [-0.1, -0.05) is 0 Å². The number of hydrogen-bond acceptors (Lipinski definition) is 6. The van der Waals surface area contributed by atoms with Crippen molar-refractivity contribution in [3.63, 3.8) is 0 Å². The molecule has 0 aliphatic heterocycles. The van der Waals surface area contributed by atoms with Gasteiger partial charge in [0.15, 0.2) is 5.75 Å². The largest absolute Gasteiger partial charge is 0.502 e. The first-order valence-corrected chi connectivity index (χ1v) is 7.72. The van der Waals surface area contributed by atoms with Crippen molar-refractivity contribution in [2.45, 2.75) is 11.5 Å². The first-order chi connectivity index (χ1) is 11.2. The Morgan fingerprint density at radius 3 is 2.33 bits per heavy atom. The molecule has 0 unspecified atom stereocenters. The number of aromatic hydroxyl groups is 1. The summed E-state index contributed by atoms with van der Waals surface area (Å²) in [5.41, 5.74) is -0.731. The molecule has 0 amide bonds. The minimum absolute atomic E-state index is 0.0346. The first kappa shape index (κ1) is 17.4. The van der Waals surface area contributed by atoms with E-state index in [1.165, 1.54) is 12.1 Å². The number of nitrogens with one attached hydrogen (secondary N) is 1. The number of phenols is 1. The molecule has 2 rings (SSSR count). The van der Waals surface area contributed by atoms with Crippen LogP contribution in [0.5, 0.6) is 11.5 Å². The van der Waals surface area contributed by atoms with Crippen LogP contribution in [-0.2, 0) is 10.0 Å². The van der Waals surface area contributed by atoms with Crippen molar-refractivity contribution in [1.29, 1.82) is 0 Å². The molecule has 0 atom stereocenters. The van der Waals surface area contributed by atoms with Gasteiger partial charge in [0.25, 0.3) is 10.0 Å². The molecule has 2 aromatic rings. The number of nitro benzene ring substituents is 1. The Bertz CT molecular complexity index is 855. The maximum atomic E-state index is 12.2. The van der Waals surface area contributed by atoms with E-state index in [9.17, 15) is 32.4 Å². The summed E-state index contributed by atoms with van der Waals surface area (Å²) < 4.78 is 54.7. The second kappa shape index (κ2) is 6.66. The first-order valence-electron chi connectivity index (χ1n) is 6.24. The predicted octanol–water partition coefficient (Wildman–Crippen LogP) is 2.70. The Hall–Kier alpha value is -2.95. The minimum Gasteiger partial charge on any atom is -0.502 e. The van der Waals surface area contributed by atoms with Crippen molar-refractivity contribution in [2.75, 3.05) is 4.72 Å². The van der Waals surface area contributed by atoms with E-state index < -0.39 is 37.9 Å². The van der Waals surface area contributed by atoms with Gasteiger partial charge in [-0.25, -0.2) is 8.42 Å². The molecule has 24 heavy (non-hydrogen) atoms. The third kappa shape index (κ3) is 4.07. The molecule has 0 bridgehead atoms. The highest BCUT2D eigenvalue weighted by Crippen LogP contribution is 2.29. The zero-order chi connectivity index (χ0) is 17.9. The summed E-state index contributed by atoms with van der Waals surface area (Å²) in [5.74, 6) is -0.833. The van der Waals surface area contributed by atoms with Crippen LogP contribution in [0.15, 0.2) is 47.4 Å². The second-order valence-electron chi connectivity index (χ2n) is 4.42. The van der Waals surface area contributed by atoms with Crippen molar-refractivity contribution < 1.29 is 32.0 Å². The Balaban J connectivity index is 2.25. The lowest BCUT2D eigenvalue weighted by Gasteiger charge is -2.09. The van der Waals surface area contributed by atoms with Crippen LogP contribution in [0.1, 0.15) is 0 Å². The number of ether oxygens (including phenoxy) is 1. The van der Waals surface area contributed by atoms with Crippen LogP contribution < -0.4 is 9.46 Å². The van der Waals surface area contributed by atoms with Gasteiger partial charge < -0.3 is 9.84 Å². The fourth-order valence-electron chi connectivity index (χ4n) is 1.74. The predicted molar refractivity (Wildman–Crippen MR) is 78.6 cm³/mol. The molecule has 0 saturated heterocycles. The molecule has 0 saturated carbocycles. The molecule has 0 heterocycles. The van der Waals surface area contributed by atoms with Gasteiger partial charge in [0.2, 0.25) is 0 Å². The molecular weight excluding hydrogens is 350 g/mol. The van der Waals surface area contributed by atoms with Crippen molar-refractivity contribution in [3.8, 4) is 11.5 Å². The van der Waals surface area contributed by atoms with Gasteiger partial charge in [0.05, 0.1) is 9.82 Å². The van der Waals surface area contributed by atoms with E-state index >= 15 is 0 Å². The number of phenolic OH excluding ortho intramolecular Hbond substituents is 1. The highest BCUT2D eigenvalue weighted by atomic mass is 32.2. The number of halogens is 2. The van der Waals surface area contributed by atoms with Crippen LogP contribution in [0.2, 0.25) is 0 Å². The zero-order valence-electron chi connectivity index (χ0n) is 11.7. The molecule has 0 spiro atoms. The van der Waals surface area contributed by atoms with Gasteiger partial charge in [-0.05, 0) is 36.4 Å². The van der Waals surface area contributed by atoms with E-state index in [-0.39, 0.29) is 11.4 Å². The van der Waals surface area contributed by atoms with Crippen LogP contribution in [-0.4, -0.2) is 25.1 Å². The molecule has 0 radical (unpaired) electrons. The molecular formula is C13H10F2N2O6S. The maximum absolute atomic E-state index is 12.2. The summed E-state index contributed by atoms with van der Waals surface area (Å²) in [5, 5.41) is 20.1. The summed E-state index contributed by atoms with van der Waals surface area (Å²) >= 11 is 0. The lowest BCUT2D eigenvalue weighted by Crippen LogP contribution is -2.13. The number of anilines is 1. The maximum Gasteiger partial charge on any atom is 0.387 e. The van der Waals surface area contributed by atoms with Crippen LogP contribution in [0.4, 0.5) is 20.2 Å². The number of rotatable bonds is 6. The second-order valence-corrected chi connectivity index (χ2v) is 6.10. The molecule has 2 N–H and O–H groups in total. The van der Waals surface area contributed by atoms with Gasteiger partial charge in [-0.2, -0.15) is 8.78 Å². The lowest BCUT2D eigenvalue weighted by molar-refractivity contribution is -0.386.